The van der Waals surface area contributed by atoms with Crippen molar-refractivity contribution in [3.05, 3.63) is 64.1 Å². The zero-order chi connectivity index (χ0) is 17.7. The maximum absolute atomic E-state index is 12.2. The molecule has 1 aromatic carbocycles. The second-order valence-electron chi connectivity index (χ2n) is 5.61. The van der Waals surface area contributed by atoms with Crippen LogP contribution in [0.1, 0.15) is 18.1 Å². The number of esters is 1. The largest absolute Gasteiger partial charge is 0.451 e. The fraction of sp³-hybridized carbons (Fsp3) is 0.278. The molecule has 2 rings (SSSR count). The first kappa shape index (κ1) is 17.5. The van der Waals surface area contributed by atoms with Gasteiger partial charge in [0.15, 0.2) is 6.10 Å². The monoisotopic (exact) mass is 328 g/mol. The molecule has 0 saturated heterocycles. The molecule has 0 bridgehead atoms. The zero-order valence-electron chi connectivity index (χ0n) is 13.9. The topological polar surface area (TPSA) is 77.4 Å². The normalized spacial score (nSPS) is 11.6. The number of carbonyl (C=O) groups is 2. The van der Waals surface area contributed by atoms with Crippen LogP contribution in [0.4, 0.5) is 5.69 Å². The lowest BCUT2D eigenvalue weighted by molar-refractivity contribution is -0.153. The molecule has 0 spiro atoms. The molecule has 24 heavy (non-hydrogen) atoms. The second-order valence-corrected chi connectivity index (χ2v) is 5.61. The summed E-state index contributed by atoms with van der Waals surface area (Å²) in [7, 11) is 0. The standard InChI is InChI=1S/C18H20N2O4/c1-12-7-8-13(2)15(10-12)19-18(23)14(3)24-17(22)11-20-9-5-4-6-16(20)21/h4-10,14H,11H2,1-3H3,(H,19,23)/t14-/m1/s1. The van der Waals surface area contributed by atoms with Gasteiger partial charge in [0.2, 0.25) is 0 Å². The summed E-state index contributed by atoms with van der Waals surface area (Å²) in [5.74, 6) is -1.07. The van der Waals surface area contributed by atoms with E-state index in [-0.39, 0.29) is 12.1 Å². The zero-order valence-corrected chi connectivity index (χ0v) is 13.9. The first-order chi connectivity index (χ1) is 11.4. The van der Waals surface area contributed by atoms with Crippen molar-refractivity contribution in [1.29, 1.82) is 0 Å². The predicted octanol–water partition coefficient (Wildman–Crippen LogP) is 2.04. The Hall–Kier alpha value is -2.89. The van der Waals surface area contributed by atoms with Crippen molar-refractivity contribution in [3.63, 3.8) is 0 Å². The molecule has 0 aliphatic rings. The van der Waals surface area contributed by atoms with Crippen LogP contribution in [0.15, 0.2) is 47.4 Å². The Balaban J connectivity index is 1.96. The van der Waals surface area contributed by atoms with Crippen LogP contribution in [-0.4, -0.2) is 22.5 Å². The van der Waals surface area contributed by atoms with Crippen molar-refractivity contribution in [2.24, 2.45) is 0 Å². The highest BCUT2D eigenvalue weighted by atomic mass is 16.5. The Morgan fingerprint density at radius 1 is 1.21 bits per heavy atom. The molecule has 1 aromatic heterocycles. The lowest BCUT2D eigenvalue weighted by Gasteiger charge is -2.15. The van der Waals surface area contributed by atoms with Gasteiger partial charge in [0.1, 0.15) is 6.54 Å². The molecule has 0 radical (unpaired) electrons. The number of hydrogen-bond acceptors (Lipinski definition) is 4. The number of aryl methyl sites for hydroxylation is 2. The van der Waals surface area contributed by atoms with Gasteiger partial charge in [-0.25, -0.2) is 0 Å². The smallest absolute Gasteiger partial charge is 0.326 e. The van der Waals surface area contributed by atoms with Crippen molar-refractivity contribution in [3.8, 4) is 0 Å². The summed E-state index contributed by atoms with van der Waals surface area (Å²) < 4.78 is 6.32. The molecule has 1 N–H and O–H groups in total. The number of carbonyl (C=O) groups excluding carboxylic acids is 2. The van der Waals surface area contributed by atoms with Crippen LogP contribution < -0.4 is 10.9 Å². The summed E-state index contributed by atoms with van der Waals surface area (Å²) in [6.45, 7) is 5.07. The van der Waals surface area contributed by atoms with E-state index in [9.17, 15) is 14.4 Å². The van der Waals surface area contributed by atoms with E-state index in [1.54, 1.807) is 12.1 Å². The van der Waals surface area contributed by atoms with Gasteiger partial charge in [0, 0.05) is 18.0 Å². The van der Waals surface area contributed by atoms with Gasteiger partial charge in [-0.2, -0.15) is 0 Å². The number of rotatable bonds is 5. The lowest BCUT2D eigenvalue weighted by Crippen LogP contribution is -2.32. The number of hydrogen-bond donors (Lipinski definition) is 1. The summed E-state index contributed by atoms with van der Waals surface area (Å²) in [6.07, 6.45) is 0.529. The number of pyridine rings is 1. The molecule has 126 valence electrons. The maximum atomic E-state index is 12.2. The predicted molar refractivity (Wildman–Crippen MR) is 90.8 cm³/mol. The van der Waals surface area contributed by atoms with Crippen LogP contribution in [0.5, 0.6) is 0 Å². The molecule has 0 aliphatic heterocycles. The van der Waals surface area contributed by atoms with E-state index in [1.807, 2.05) is 32.0 Å². The van der Waals surface area contributed by atoms with E-state index < -0.39 is 18.0 Å². The lowest BCUT2D eigenvalue weighted by atomic mass is 10.1. The Morgan fingerprint density at radius 3 is 2.67 bits per heavy atom. The second kappa shape index (κ2) is 7.59. The molecule has 2 aromatic rings. The first-order valence-corrected chi connectivity index (χ1v) is 7.60. The van der Waals surface area contributed by atoms with E-state index in [1.165, 1.54) is 23.8 Å². The molecule has 0 saturated carbocycles. The third-order valence-electron chi connectivity index (χ3n) is 3.53. The molecule has 1 atom stereocenters. The van der Waals surface area contributed by atoms with Gasteiger partial charge in [-0.15, -0.1) is 0 Å². The summed E-state index contributed by atoms with van der Waals surface area (Å²) >= 11 is 0. The average molecular weight is 328 g/mol. The molecule has 1 amide bonds. The highest BCUT2D eigenvalue weighted by Gasteiger charge is 2.19. The molecular formula is C18H20N2O4. The Labute approximate surface area is 140 Å². The maximum Gasteiger partial charge on any atom is 0.326 e. The molecule has 0 fully saturated rings. The van der Waals surface area contributed by atoms with E-state index in [4.69, 9.17) is 4.74 Å². The highest BCUT2D eigenvalue weighted by Crippen LogP contribution is 2.16. The SMILES string of the molecule is Cc1ccc(C)c(NC(=O)[C@@H](C)OC(=O)Cn2ccccc2=O)c1. The van der Waals surface area contributed by atoms with Crippen molar-refractivity contribution in [2.75, 3.05) is 5.32 Å². The van der Waals surface area contributed by atoms with Crippen LogP contribution in [0.25, 0.3) is 0 Å². The summed E-state index contributed by atoms with van der Waals surface area (Å²) in [5.41, 5.74) is 2.32. The van der Waals surface area contributed by atoms with Gasteiger partial charge in [0.25, 0.3) is 11.5 Å². The average Bonchev–Trinajstić information content (AvgIpc) is 2.53. The van der Waals surface area contributed by atoms with Gasteiger partial charge in [-0.3, -0.25) is 14.4 Å². The quantitative estimate of drug-likeness (QED) is 0.852. The van der Waals surface area contributed by atoms with Crippen molar-refractivity contribution >= 4 is 17.6 Å². The Bertz CT molecular complexity index is 811. The van der Waals surface area contributed by atoms with Gasteiger partial charge in [0.05, 0.1) is 0 Å². The number of nitrogens with zero attached hydrogens (tertiary/aromatic N) is 1. The van der Waals surface area contributed by atoms with Crippen molar-refractivity contribution < 1.29 is 14.3 Å². The molecule has 0 aliphatic carbocycles. The van der Waals surface area contributed by atoms with Crippen LogP contribution in [0.2, 0.25) is 0 Å². The van der Waals surface area contributed by atoms with Crippen molar-refractivity contribution in [2.45, 2.75) is 33.4 Å². The fourth-order valence-corrected chi connectivity index (χ4v) is 2.12. The number of benzene rings is 1. The summed E-state index contributed by atoms with van der Waals surface area (Å²) in [6, 6.07) is 10.3. The van der Waals surface area contributed by atoms with Crippen molar-refractivity contribution in [1.82, 2.24) is 4.57 Å². The molecule has 6 heteroatoms. The van der Waals surface area contributed by atoms with Gasteiger partial charge >= 0.3 is 5.97 Å². The van der Waals surface area contributed by atoms with Gasteiger partial charge in [-0.05, 0) is 44.0 Å². The fourth-order valence-electron chi connectivity index (χ4n) is 2.12. The molecule has 6 nitrogen and oxygen atoms in total. The van der Waals surface area contributed by atoms with E-state index >= 15 is 0 Å². The Kier molecular flexibility index (Phi) is 5.52. The van der Waals surface area contributed by atoms with Gasteiger partial charge < -0.3 is 14.6 Å². The summed E-state index contributed by atoms with van der Waals surface area (Å²) in [5, 5.41) is 2.75. The minimum Gasteiger partial charge on any atom is -0.451 e. The van der Waals surface area contributed by atoms with E-state index in [0.717, 1.165) is 11.1 Å². The van der Waals surface area contributed by atoms with Crippen LogP contribution in [-0.2, 0) is 20.9 Å². The minimum absolute atomic E-state index is 0.235. The Morgan fingerprint density at radius 2 is 1.96 bits per heavy atom. The molecular weight excluding hydrogens is 308 g/mol. The first-order valence-electron chi connectivity index (χ1n) is 7.60. The summed E-state index contributed by atoms with van der Waals surface area (Å²) in [4.78, 5) is 35.6. The van der Waals surface area contributed by atoms with Crippen LogP contribution >= 0.6 is 0 Å². The number of aromatic nitrogens is 1. The molecule has 0 unspecified atom stereocenters. The van der Waals surface area contributed by atoms with Crippen LogP contribution in [0, 0.1) is 13.8 Å². The number of nitrogens with one attached hydrogen (secondary N) is 1. The number of ether oxygens (including phenoxy) is 1. The van der Waals surface area contributed by atoms with Crippen LogP contribution in [0.3, 0.4) is 0 Å². The number of amides is 1. The highest BCUT2D eigenvalue weighted by molar-refractivity contribution is 5.95. The number of anilines is 1. The third-order valence-corrected chi connectivity index (χ3v) is 3.53. The third kappa shape index (κ3) is 4.55. The minimum atomic E-state index is -0.961. The van der Waals surface area contributed by atoms with E-state index in [2.05, 4.69) is 5.32 Å². The molecule has 1 heterocycles. The van der Waals surface area contributed by atoms with E-state index in [0.29, 0.717) is 5.69 Å². The van der Waals surface area contributed by atoms with Gasteiger partial charge in [-0.1, -0.05) is 18.2 Å².